The minimum atomic E-state index is -1.26. The quantitative estimate of drug-likeness (QED) is 0.263. The lowest BCUT2D eigenvalue weighted by Gasteiger charge is -2.33. The summed E-state index contributed by atoms with van der Waals surface area (Å²) in [6.07, 6.45) is 2.88. The lowest BCUT2D eigenvalue weighted by atomic mass is 10.1. The van der Waals surface area contributed by atoms with Crippen LogP contribution in [0.1, 0.15) is 11.1 Å². The lowest BCUT2D eigenvalue weighted by Crippen LogP contribution is -2.38. The molecule has 0 aliphatic carbocycles. The average Bonchev–Trinajstić information content (AvgIpc) is 3.05. The van der Waals surface area contributed by atoms with Crippen molar-refractivity contribution in [3.63, 3.8) is 0 Å². The molecule has 5 rings (SSSR count). The molecule has 234 valence electrons. The second-order valence-corrected chi connectivity index (χ2v) is 10.1. The van der Waals surface area contributed by atoms with E-state index in [0.29, 0.717) is 18.1 Å². The van der Waals surface area contributed by atoms with Crippen LogP contribution in [-0.2, 0) is 25.7 Å². The molecule has 2 fully saturated rings. The second kappa shape index (κ2) is 15.7. The highest BCUT2D eigenvalue weighted by molar-refractivity contribution is 5.89. The Morgan fingerprint density at radius 3 is 2.00 bits per heavy atom. The lowest BCUT2D eigenvalue weighted by molar-refractivity contribution is -0.134. The number of nitrogens with one attached hydrogen (secondary N) is 1. The van der Waals surface area contributed by atoms with Gasteiger partial charge in [-0.25, -0.2) is 14.6 Å². The molecule has 0 amide bonds. The molecule has 2 aliphatic heterocycles. The molecular weight excluding hydrogens is 568 g/mol. The Balaban J connectivity index is 0.000000488. The van der Waals surface area contributed by atoms with Gasteiger partial charge in [-0.1, -0.05) is 12.1 Å². The number of carbonyl (C=O) groups is 2. The van der Waals surface area contributed by atoms with Crippen LogP contribution in [0.4, 0.5) is 34.5 Å². The zero-order valence-corrected chi connectivity index (χ0v) is 24.8. The van der Waals surface area contributed by atoms with E-state index in [1.54, 1.807) is 6.20 Å². The van der Waals surface area contributed by atoms with E-state index in [9.17, 15) is 14.7 Å². The minimum absolute atomic E-state index is 0.00264. The summed E-state index contributed by atoms with van der Waals surface area (Å²) in [6, 6.07) is 14.4. The van der Waals surface area contributed by atoms with Gasteiger partial charge in [-0.15, -0.1) is 0 Å². The predicted molar refractivity (Wildman–Crippen MR) is 167 cm³/mol. The van der Waals surface area contributed by atoms with E-state index in [1.165, 1.54) is 0 Å². The van der Waals surface area contributed by atoms with Crippen LogP contribution in [-0.4, -0.2) is 96.9 Å². The Kier molecular flexibility index (Phi) is 11.5. The second-order valence-electron chi connectivity index (χ2n) is 10.1. The van der Waals surface area contributed by atoms with Gasteiger partial charge in [-0.3, -0.25) is 0 Å². The molecule has 2 aliphatic rings. The number of carboxylic acid groups (broad SMARTS) is 2. The number of carboxylic acids is 2. The third-order valence-corrected chi connectivity index (χ3v) is 7.08. The largest absolute Gasteiger partial charge is 0.478 e. The van der Waals surface area contributed by atoms with Gasteiger partial charge in [0.15, 0.2) is 0 Å². The Bertz CT molecular complexity index is 1400. The number of morpholine rings is 2. The molecule has 2 saturated heterocycles. The molecule has 3 aromatic rings. The molecule has 0 spiro atoms. The number of aliphatic carboxylic acids is 2. The summed E-state index contributed by atoms with van der Waals surface area (Å²) in [6.45, 7) is 8.48. The molecule has 44 heavy (non-hydrogen) atoms. The number of aliphatic hydroxyl groups is 1. The standard InChI is InChI=1S/C27H34N6O3.C4H4O4/c1-20-3-4-21(19-34)15-25(20)31(2)26-5-6-28-27(30-26)29-22-16-23(32-7-11-35-12-8-32)18-24(17-22)33-9-13-36-14-10-33;5-3(6)1-2-4(7)8/h3-6,15-18,34H,7-14,19H2,1-2H3,(H,28,29,30);1-2H,(H,5,6)(H,7,8)/b;2-1+. The van der Waals surface area contributed by atoms with Crippen LogP contribution < -0.4 is 20.0 Å². The van der Waals surface area contributed by atoms with Crippen molar-refractivity contribution in [2.24, 2.45) is 0 Å². The summed E-state index contributed by atoms with van der Waals surface area (Å²) in [7, 11) is 1.98. The van der Waals surface area contributed by atoms with Crippen LogP contribution in [0.25, 0.3) is 0 Å². The number of hydrogen-bond donors (Lipinski definition) is 4. The summed E-state index contributed by atoms with van der Waals surface area (Å²) in [5.41, 5.74) is 6.24. The van der Waals surface area contributed by atoms with E-state index >= 15 is 0 Å². The number of aliphatic hydroxyl groups excluding tert-OH is 1. The van der Waals surface area contributed by atoms with Crippen molar-refractivity contribution >= 4 is 46.5 Å². The van der Waals surface area contributed by atoms with E-state index < -0.39 is 11.9 Å². The van der Waals surface area contributed by atoms with Crippen LogP contribution in [0.15, 0.2) is 60.8 Å². The van der Waals surface area contributed by atoms with Crippen LogP contribution in [0, 0.1) is 6.92 Å². The highest BCUT2D eigenvalue weighted by Gasteiger charge is 2.18. The van der Waals surface area contributed by atoms with Crippen molar-refractivity contribution < 1.29 is 34.4 Å². The van der Waals surface area contributed by atoms with Crippen LogP contribution in [0.3, 0.4) is 0 Å². The van der Waals surface area contributed by atoms with Crippen molar-refractivity contribution in [1.82, 2.24) is 9.97 Å². The molecule has 13 nitrogen and oxygen atoms in total. The van der Waals surface area contributed by atoms with Crippen LogP contribution >= 0.6 is 0 Å². The number of hydrogen-bond acceptors (Lipinski definition) is 11. The number of nitrogens with zero attached hydrogens (tertiary/aromatic N) is 5. The highest BCUT2D eigenvalue weighted by atomic mass is 16.5. The zero-order chi connectivity index (χ0) is 31.5. The fourth-order valence-corrected chi connectivity index (χ4v) is 4.78. The van der Waals surface area contributed by atoms with Gasteiger partial charge in [0.1, 0.15) is 5.82 Å². The summed E-state index contributed by atoms with van der Waals surface area (Å²) >= 11 is 0. The monoisotopic (exact) mass is 606 g/mol. The van der Waals surface area contributed by atoms with Crippen molar-refractivity contribution in [1.29, 1.82) is 0 Å². The predicted octanol–water partition coefficient (Wildman–Crippen LogP) is 3.17. The smallest absolute Gasteiger partial charge is 0.328 e. The Hall–Kier alpha value is -4.72. The summed E-state index contributed by atoms with van der Waals surface area (Å²) in [4.78, 5) is 35.1. The minimum Gasteiger partial charge on any atom is -0.478 e. The number of anilines is 6. The maximum Gasteiger partial charge on any atom is 0.328 e. The topological polar surface area (TPSA) is 161 Å². The first kappa shape index (κ1) is 32.2. The number of benzene rings is 2. The molecular formula is C31H38N6O7. The molecule has 0 bridgehead atoms. The molecule has 3 heterocycles. The molecule has 1 aromatic heterocycles. The van der Waals surface area contributed by atoms with Crippen molar-refractivity contribution in [2.45, 2.75) is 13.5 Å². The van der Waals surface area contributed by atoms with Gasteiger partial charge < -0.3 is 44.8 Å². The van der Waals surface area contributed by atoms with Gasteiger partial charge in [-0.2, -0.15) is 4.98 Å². The molecule has 0 saturated carbocycles. The van der Waals surface area contributed by atoms with Gasteiger partial charge in [0.2, 0.25) is 5.95 Å². The van der Waals surface area contributed by atoms with E-state index in [-0.39, 0.29) is 6.61 Å². The molecule has 0 unspecified atom stereocenters. The van der Waals surface area contributed by atoms with Crippen molar-refractivity contribution in [2.75, 3.05) is 79.7 Å². The van der Waals surface area contributed by atoms with Gasteiger partial charge >= 0.3 is 11.9 Å². The summed E-state index contributed by atoms with van der Waals surface area (Å²) in [5.74, 6) is -1.22. The Labute approximate surface area is 256 Å². The first-order valence-corrected chi connectivity index (χ1v) is 14.2. The fraction of sp³-hybridized carbons (Fsp3) is 0.355. The van der Waals surface area contributed by atoms with E-state index in [1.807, 2.05) is 36.2 Å². The van der Waals surface area contributed by atoms with Gasteiger partial charge in [0, 0.05) is 74.3 Å². The number of rotatable bonds is 9. The van der Waals surface area contributed by atoms with E-state index in [0.717, 1.165) is 92.3 Å². The Morgan fingerprint density at radius 2 is 1.48 bits per heavy atom. The van der Waals surface area contributed by atoms with Gasteiger partial charge in [0.05, 0.1) is 33.0 Å². The van der Waals surface area contributed by atoms with Gasteiger partial charge in [0.25, 0.3) is 0 Å². The fourth-order valence-electron chi connectivity index (χ4n) is 4.78. The molecule has 2 aromatic carbocycles. The van der Waals surface area contributed by atoms with Gasteiger partial charge in [-0.05, 0) is 48.4 Å². The van der Waals surface area contributed by atoms with Crippen LogP contribution in [0.2, 0.25) is 0 Å². The summed E-state index contributed by atoms with van der Waals surface area (Å²) < 4.78 is 11.1. The maximum atomic E-state index is 9.57. The normalized spacial score (nSPS) is 15.0. The highest BCUT2D eigenvalue weighted by Crippen LogP contribution is 2.31. The third-order valence-electron chi connectivity index (χ3n) is 7.08. The van der Waals surface area contributed by atoms with Crippen molar-refractivity contribution in [3.05, 3.63) is 71.9 Å². The number of aryl methyl sites for hydroxylation is 1. The maximum absolute atomic E-state index is 9.57. The third kappa shape index (κ3) is 9.14. The number of aromatic nitrogens is 2. The SMILES string of the molecule is Cc1ccc(CO)cc1N(C)c1ccnc(Nc2cc(N3CCOCC3)cc(N3CCOCC3)c2)n1.O=C(O)/C=C/C(=O)O. The molecule has 13 heteroatoms. The van der Waals surface area contributed by atoms with Crippen LogP contribution in [0.5, 0.6) is 0 Å². The first-order chi connectivity index (χ1) is 21.2. The van der Waals surface area contributed by atoms with Crippen molar-refractivity contribution in [3.8, 4) is 0 Å². The molecule has 0 atom stereocenters. The molecule has 4 N–H and O–H groups in total. The van der Waals surface area contributed by atoms with E-state index in [2.05, 4.69) is 45.2 Å². The first-order valence-electron chi connectivity index (χ1n) is 14.2. The Morgan fingerprint density at radius 1 is 0.909 bits per heavy atom. The summed E-state index contributed by atoms with van der Waals surface area (Å²) in [5, 5.41) is 28.6. The number of ether oxygens (including phenoxy) is 2. The van der Waals surface area contributed by atoms with E-state index in [4.69, 9.17) is 24.7 Å². The zero-order valence-electron chi connectivity index (χ0n) is 24.8. The molecule has 0 radical (unpaired) electrons. The average molecular weight is 607 g/mol.